The van der Waals surface area contributed by atoms with Gasteiger partial charge < -0.3 is 9.64 Å². The first-order valence-electron chi connectivity index (χ1n) is 9.39. The summed E-state index contributed by atoms with van der Waals surface area (Å²) in [5.74, 6) is -0.581. The number of carbonyl (C=O) groups is 2. The zero-order valence-electron chi connectivity index (χ0n) is 15.6. The number of carbonyl (C=O) groups excluding carboxylic acids is 2. The lowest BCUT2D eigenvalue weighted by Gasteiger charge is -2.24. The van der Waals surface area contributed by atoms with E-state index < -0.39 is 5.97 Å². The number of amides is 1. The van der Waals surface area contributed by atoms with Crippen molar-refractivity contribution in [1.29, 1.82) is 0 Å². The van der Waals surface area contributed by atoms with Crippen molar-refractivity contribution in [3.05, 3.63) is 41.1 Å². The van der Waals surface area contributed by atoms with E-state index in [1.165, 1.54) is 6.42 Å². The minimum atomic E-state index is -0.473. The van der Waals surface area contributed by atoms with Gasteiger partial charge >= 0.3 is 5.97 Å². The van der Waals surface area contributed by atoms with E-state index in [1.807, 2.05) is 36.1 Å². The first-order chi connectivity index (χ1) is 12.6. The number of para-hydroxylation sites is 1. The van der Waals surface area contributed by atoms with Gasteiger partial charge in [0.25, 0.3) is 5.91 Å². The molecule has 5 heteroatoms. The van der Waals surface area contributed by atoms with Crippen LogP contribution in [0.5, 0.6) is 0 Å². The summed E-state index contributed by atoms with van der Waals surface area (Å²) in [4.78, 5) is 31.3. The van der Waals surface area contributed by atoms with E-state index in [1.54, 1.807) is 6.92 Å². The molecule has 0 atom stereocenters. The molecule has 0 N–H and O–H groups in total. The normalized spacial score (nSPS) is 15.4. The maximum Gasteiger partial charge on any atom is 0.340 e. The maximum absolute atomic E-state index is 12.6. The van der Waals surface area contributed by atoms with Gasteiger partial charge in [0.2, 0.25) is 0 Å². The molecular weight excluding hydrogens is 328 g/mol. The minimum Gasteiger partial charge on any atom is -0.452 e. The highest BCUT2D eigenvalue weighted by atomic mass is 16.5. The van der Waals surface area contributed by atoms with Crippen LogP contribution in [0.4, 0.5) is 0 Å². The molecule has 0 radical (unpaired) electrons. The van der Waals surface area contributed by atoms with Crippen LogP contribution in [0.3, 0.4) is 0 Å². The quantitative estimate of drug-likeness (QED) is 0.787. The largest absolute Gasteiger partial charge is 0.452 e. The molecule has 1 amide bonds. The summed E-state index contributed by atoms with van der Waals surface area (Å²) < 4.78 is 5.36. The average Bonchev–Trinajstić information content (AvgIpc) is 2.59. The van der Waals surface area contributed by atoms with Crippen LogP contribution >= 0.6 is 0 Å². The maximum atomic E-state index is 12.6. The van der Waals surface area contributed by atoms with Crippen LogP contribution in [0.2, 0.25) is 0 Å². The third-order valence-corrected chi connectivity index (χ3v) is 5.07. The van der Waals surface area contributed by atoms with Gasteiger partial charge in [-0.25, -0.2) is 4.79 Å². The lowest BCUT2D eigenvalue weighted by atomic mass is 10.0. The molecule has 5 nitrogen and oxygen atoms in total. The van der Waals surface area contributed by atoms with Crippen LogP contribution in [-0.2, 0) is 9.53 Å². The molecular formula is C21H26N2O3. The van der Waals surface area contributed by atoms with E-state index in [4.69, 9.17) is 4.74 Å². The van der Waals surface area contributed by atoms with Crippen LogP contribution in [0.15, 0.2) is 24.3 Å². The molecule has 0 aliphatic carbocycles. The molecule has 1 aliphatic heterocycles. The SMILES string of the molecule is Cc1nc2ccccc2c(C)c1C(=O)OCC(=O)N1CCCCCCC1. The Bertz CT molecular complexity index is 808. The molecule has 3 rings (SSSR count). The number of fused-ring (bicyclic) bond motifs is 1. The fourth-order valence-corrected chi connectivity index (χ4v) is 3.62. The highest BCUT2D eigenvalue weighted by molar-refractivity contribution is 5.99. The van der Waals surface area contributed by atoms with Gasteiger partial charge in [0.05, 0.1) is 16.8 Å². The van der Waals surface area contributed by atoms with Crippen molar-refractivity contribution in [1.82, 2.24) is 9.88 Å². The van der Waals surface area contributed by atoms with Gasteiger partial charge in [-0.1, -0.05) is 37.5 Å². The molecule has 2 aromatic rings. The molecule has 1 aromatic carbocycles. The summed E-state index contributed by atoms with van der Waals surface area (Å²) in [6, 6.07) is 7.72. The molecule has 26 heavy (non-hydrogen) atoms. The summed E-state index contributed by atoms with van der Waals surface area (Å²) in [6.07, 6.45) is 5.60. The Morgan fingerprint density at radius 2 is 1.69 bits per heavy atom. The molecule has 1 aromatic heterocycles. The summed E-state index contributed by atoms with van der Waals surface area (Å²) in [5.41, 5.74) is 2.79. The van der Waals surface area contributed by atoms with Gasteiger partial charge in [0.15, 0.2) is 6.61 Å². The van der Waals surface area contributed by atoms with E-state index in [9.17, 15) is 9.59 Å². The first-order valence-corrected chi connectivity index (χ1v) is 9.39. The Hall–Kier alpha value is -2.43. The Labute approximate surface area is 154 Å². The number of likely N-dealkylation sites (tertiary alicyclic amines) is 1. The van der Waals surface area contributed by atoms with Gasteiger partial charge in [-0.3, -0.25) is 9.78 Å². The molecule has 0 saturated carbocycles. The number of ether oxygens (including phenoxy) is 1. The highest BCUT2D eigenvalue weighted by Crippen LogP contribution is 2.23. The summed E-state index contributed by atoms with van der Waals surface area (Å²) in [6.45, 7) is 5.01. The summed E-state index contributed by atoms with van der Waals surface area (Å²) in [5, 5.41) is 0.931. The fourth-order valence-electron chi connectivity index (χ4n) is 3.62. The monoisotopic (exact) mass is 354 g/mol. The molecule has 2 heterocycles. The number of rotatable bonds is 3. The standard InChI is InChI=1S/C21H26N2O3/c1-15-17-10-6-7-11-18(17)22-16(2)20(15)21(25)26-14-19(24)23-12-8-4-3-5-9-13-23/h6-7,10-11H,3-5,8-9,12-14H2,1-2H3. The van der Waals surface area contributed by atoms with Crippen molar-refractivity contribution < 1.29 is 14.3 Å². The number of hydrogen-bond acceptors (Lipinski definition) is 4. The average molecular weight is 354 g/mol. The van der Waals surface area contributed by atoms with Gasteiger partial charge in [0, 0.05) is 18.5 Å². The number of nitrogens with zero attached hydrogens (tertiary/aromatic N) is 2. The van der Waals surface area contributed by atoms with Gasteiger partial charge in [-0.15, -0.1) is 0 Å². The predicted octanol–water partition coefficient (Wildman–Crippen LogP) is 3.80. The fraction of sp³-hybridized carbons (Fsp3) is 0.476. The Balaban J connectivity index is 1.70. The molecule has 0 bridgehead atoms. The van der Waals surface area contributed by atoms with Crippen molar-refractivity contribution in [2.75, 3.05) is 19.7 Å². The second kappa shape index (κ2) is 8.30. The lowest BCUT2D eigenvalue weighted by molar-refractivity contribution is -0.134. The Morgan fingerprint density at radius 1 is 1.04 bits per heavy atom. The topological polar surface area (TPSA) is 59.5 Å². The Morgan fingerprint density at radius 3 is 2.42 bits per heavy atom. The second-order valence-corrected chi connectivity index (χ2v) is 6.94. The van der Waals surface area contributed by atoms with Crippen LogP contribution in [0, 0.1) is 13.8 Å². The van der Waals surface area contributed by atoms with Crippen molar-refractivity contribution in [2.24, 2.45) is 0 Å². The van der Waals surface area contributed by atoms with E-state index >= 15 is 0 Å². The van der Waals surface area contributed by atoms with E-state index in [-0.39, 0.29) is 12.5 Å². The van der Waals surface area contributed by atoms with Crippen molar-refractivity contribution in [2.45, 2.75) is 46.0 Å². The summed E-state index contributed by atoms with van der Waals surface area (Å²) >= 11 is 0. The smallest absolute Gasteiger partial charge is 0.340 e. The second-order valence-electron chi connectivity index (χ2n) is 6.94. The van der Waals surface area contributed by atoms with Crippen molar-refractivity contribution >= 4 is 22.8 Å². The number of aryl methyl sites for hydroxylation is 2. The molecule has 0 unspecified atom stereocenters. The van der Waals surface area contributed by atoms with E-state index in [0.29, 0.717) is 11.3 Å². The van der Waals surface area contributed by atoms with E-state index in [2.05, 4.69) is 4.98 Å². The van der Waals surface area contributed by atoms with Gasteiger partial charge in [-0.2, -0.15) is 0 Å². The first kappa shape index (κ1) is 18.4. The molecule has 1 fully saturated rings. The predicted molar refractivity (Wildman–Crippen MR) is 101 cm³/mol. The molecule has 138 valence electrons. The minimum absolute atomic E-state index is 0.107. The van der Waals surface area contributed by atoms with Gasteiger partial charge in [0.1, 0.15) is 0 Å². The highest BCUT2D eigenvalue weighted by Gasteiger charge is 2.21. The van der Waals surface area contributed by atoms with Gasteiger partial charge in [-0.05, 0) is 38.3 Å². The number of esters is 1. The third kappa shape index (κ3) is 4.03. The zero-order valence-corrected chi connectivity index (χ0v) is 15.6. The zero-order chi connectivity index (χ0) is 18.5. The third-order valence-electron chi connectivity index (χ3n) is 5.07. The number of hydrogen-bond donors (Lipinski definition) is 0. The molecule has 1 saturated heterocycles. The van der Waals surface area contributed by atoms with Crippen molar-refractivity contribution in [3.63, 3.8) is 0 Å². The number of aromatic nitrogens is 1. The molecule has 0 spiro atoms. The Kier molecular flexibility index (Phi) is 5.86. The van der Waals surface area contributed by atoms with Crippen LogP contribution in [0.1, 0.15) is 53.7 Å². The van der Waals surface area contributed by atoms with Crippen molar-refractivity contribution in [3.8, 4) is 0 Å². The lowest BCUT2D eigenvalue weighted by Crippen LogP contribution is -2.37. The number of pyridine rings is 1. The summed E-state index contributed by atoms with van der Waals surface area (Å²) in [7, 11) is 0. The van der Waals surface area contributed by atoms with Crippen LogP contribution < -0.4 is 0 Å². The van der Waals surface area contributed by atoms with E-state index in [0.717, 1.165) is 55.2 Å². The molecule has 1 aliphatic rings. The number of benzene rings is 1. The van der Waals surface area contributed by atoms with Crippen LogP contribution in [-0.4, -0.2) is 41.5 Å². The van der Waals surface area contributed by atoms with Crippen LogP contribution in [0.25, 0.3) is 10.9 Å².